The van der Waals surface area contributed by atoms with Crippen molar-refractivity contribution in [1.29, 1.82) is 0 Å². The summed E-state index contributed by atoms with van der Waals surface area (Å²) in [5, 5.41) is 0.820. The van der Waals surface area contributed by atoms with E-state index in [1.54, 1.807) is 0 Å². The molecule has 3 aliphatic heterocycles. The number of halogens is 1. The smallest absolute Gasteiger partial charge is 0.222 e. The summed E-state index contributed by atoms with van der Waals surface area (Å²) >= 11 is 8.32. The third kappa shape index (κ3) is 4.65. The van der Waals surface area contributed by atoms with E-state index >= 15 is 0 Å². The second kappa shape index (κ2) is 9.14. The van der Waals surface area contributed by atoms with Crippen molar-refractivity contribution >= 4 is 29.3 Å². The summed E-state index contributed by atoms with van der Waals surface area (Å²) < 4.78 is 0. The SMILES string of the molecule is Cc1ccc2c(c1)CC(N1CCN(CCN3CCCC3=O)CC1)c1cc(Cl)ccc1S2. The predicted molar refractivity (Wildman–Crippen MR) is 127 cm³/mol. The molecule has 2 aromatic rings. The van der Waals surface area contributed by atoms with Gasteiger partial charge in [-0.05, 0) is 55.2 Å². The average molecular weight is 456 g/mol. The van der Waals surface area contributed by atoms with Crippen LogP contribution in [-0.2, 0) is 11.2 Å². The van der Waals surface area contributed by atoms with Gasteiger partial charge in [-0.1, -0.05) is 41.1 Å². The van der Waals surface area contributed by atoms with E-state index in [-0.39, 0.29) is 0 Å². The van der Waals surface area contributed by atoms with Crippen molar-refractivity contribution in [1.82, 2.24) is 14.7 Å². The lowest BCUT2D eigenvalue weighted by Crippen LogP contribution is -2.49. The standard InChI is InChI=1S/C25H30ClN3OS/c1-18-4-6-23-19(15-18)16-22(21-17-20(26)5-7-24(21)31-23)28-12-9-27(10-13-28)11-14-29-8-2-3-25(29)30/h4-7,15,17,22H,2-3,8-14,16H2,1H3. The second-order valence-corrected chi connectivity index (χ2v) is 10.5. The molecule has 4 nitrogen and oxygen atoms in total. The lowest BCUT2D eigenvalue weighted by atomic mass is 9.96. The van der Waals surface area contributed by atoms with Crippen LogP contribution in [0.25, 0.3) is 0 Å². The highest BCUT2D eigenvalue weighted by molar-refractivity contribution is 7.99. The molecule has 0 N–H and O–H groups in total. The number of fused-ring (bicyclic) bond motifs is 2. The number of rotatable bonds is 4. The summed E-state index contributed by atoms with van der Waals surface area (Å²) in [7, 11) is 0. The molecule has 0 saturated carbocycles. The van der Waals surface area contributed by atoms with Crippen LogP contribution in [0.15, 0.2) is 46.2 Å². The van der Waals surface area contributed by atoms with Crippen molar-refractivity contribution in [3.63, 3.8) is 0 Å². The molecule has 0 aliphatic carbocycles. The van der Waals surface area contributed by atoms with Crippen molar-refractivity contribution in [2.24, 2.45) is 0 Å². The lowest BCUT2D eigenvalue weighted by molar-refractivity contribution is -0.127. The van der Waals surface area contributed by atoms with Gasteiger partial charge in [-0.15, -0.1) is 0 Å². The lowest BCUT2D eigenvalue weighted by Gasteiger charge is -2.40. The van der Waals surface area contributed by atoms with Crippen LogP contribution in [0.1, 0.15) is 35.6 Å². The summed E-state index contributed by atoms with van der Waals surface area (Å²) in [4.78, 5) is 21.8. The second-order valence-electron chi connectivity index (χ2n) is 8.98. The highest BCUT2D eigenvalue weighted by Gasteiger charge is 2.30. The van der Waals surface area contributed by atoms with Gasteiger partial charge < -0.3 is 4.90 Å². The average Bonchev–Trinajstić information content (AvgIpc) is 3.11. The zero-order valence-electron chi connectivity index (χ0n) is 18.1. The first kappa shape index (κ1) is 21.3. The number of piperazine rings is 1. The van der Waals surface area contributed by atoms with Gasteiger partial charge in [0.15, 0.2) is 0 Å². The van der Waals surface area contributed by atoms with E-state index in [2.05, 4.69) is 47.1 Å². The maximum absolute atomic E-state index is 11.9. The zero-order valence-corrected chi connectivity index (χ0v) is 19.7. The molecule has 2 fully saturated rings. The first-order valence-corrected chi connectivity index (χ1v) is 12.6. The van der Waals surface area contributed by atoms with Gasteiger partial charge in [-0.2, -0.15) is 0 Å². The maximum Gasteiger partial charge on any atom is 0.222 e. The number of hydrogen-bond donors (Lipinski definition) is 0. The van der Waals surface area contributed by atoms with Gasteiger partial charge in [0.05, 0.1) is 0 Å². The molecule has 31 heavy (non-hydrogen) atoms. The Kier molecular flexibility index (Phi) is 6.29. The van der Waals surface area contributed by atoms with E-state index in [0.717, 1.165) is 70.1 Å². The molecular formula is C25H30ClN3OS. The summed E-state index contributed by atoms with van der Waals surface area (Å²) in [5.74, 6) is 0.331. The molecule has 2 saturated heterocycles. The van der Waals surface area contributed by atoms with Crippen molar-refractivity contribution in [3.05, 3.63) is 58.1 Å². The van der Waals surface area contributed by atoms with Crippen molar-refractivity contribution in [3.8, 4) is 0 Å². The summed E-state index contributed by atoms with van der Waals surface area (Å²) in [6.07, 6.45) is 2.78. The summed E-state index contributed by atoms with van der Waals surface area (Å²) in [5.41, 5.74) is 4.13. The number of likely N-dealkylation sites (tertiary alicyclic amines) is 1. The molecule has 1 amide bonds. The Hall–Kier alpha value is -1.53. The summed E-state index contributed by atoms with van der Waals surface area (Å²) in [6, 6.07) is 13.6. The highest BCUT2D eigenvalue weighted by atomic mass is 35.5. The molecular weight excluding hydrogens is 426 g/mol. The normalized spacial score (nSPS) is 22.3. The van der Waals surface area contributed by atoms with Gasteiger partial charge in [0, 0.05) is 73.1 Å². The molecule has 0 aromatic heterocycles. The number of carbonyl (C=O) groups is 1. The Morgan fingerprint density at radius 1 is 1.00 bits per heavy atom. The molecule has 1 atom stereocenters. The van der Waals surface area contributed by atoms with E-state index in [0.29, 0.717) is 11.9 Å². The molecule has 3 aliphatic rings. The fourth-order valence-corrected chi connectivity index (χ4v) is 6.38. The van der Waals surface area contributed by atoms with E-state index in [1.807, 2.05) is 22.7 Å². The van der Waals surface area contributed by atoms with E-state index in [9.17, 15) is 4.79 Å². The van der Waals surface area contributed by atoms with E-state index < -0.39 is 0 Å². The number of hydrogen-bond acceptors (Lipinski definition) is 4. The number of nitrogens with zero attached hydrogens (tertiary/aromatic N) is 3. The molecule has 0 spiro atoms. The minimum atomic E-state index is 0.331. The van der Waals surface area contributed by atoms with Crippen LogP contribution in [0.3, 0.4) is 0 Å². The predicted octanol–water partition coefficient (Wildman–Crippen LogP) is 4.64. The molecule has 1 unspecified atom stereocenters. The van der Waals surface area contributed by atoms with Crippen LogP contribution >= 0.6 is 23.4 Å². The largest absolute Gasteiger partial charge is 0.341 e. The van der Waals surface area contributed by atoms with Gasteiger partial charge in [-0.3, -0.25) is 14.6 Å². The van der Waals surface area contributed by atoms with Crippen molar-refractivity contribution < 1.29 is 4.79 Å². The Bertz CT molecular complexity index is 973. The van der Waals surface area contributed by atoms with Gasteiger partial charge in [0.25, 0.3) is 0 Å². The Morgan fingerprint density at radius 3 is 2.58 bits per heavy atom. The molecule has 164 valence electrons. The Labute approximate surface area is 194 Å². The minimum Gasteiger partial charge on any atom is -0.341 e. The monoisotopic (exact) mass is 455 g/mol. The first-order valence-electron chi connectivity index (χ1n) is 11.4. The highest BCUT2D eigenvalue weighted by Crippen LogP contribution is 2.44. The van der Waals surface area contributed by atoms with Crippen LogP contribution in [0.5, 0.6) is 0 Å². The fraction of sp³-hybridized carbons (Fsp3) is 0.480. The van der Waals surface area contributed by atoms with Gasteiger partial charge in [0.2, 0.25) is 5.91 Å². The quantitative estimate of drug-likeness (QED) is 0.671. The molecule has 3 heterocycles. The maximum atomic E-state index is 11.9. The first-order chi connectivity index (χ1) is 15.1. The minimum absolute atomic E-state index is 0.331. The molecule has 0 bridgehead atoms. The van der Waals surface area contributed by atoms with E-state index in [1.165, 1.54) is 26.5 Å². The van der Waals surface area contributed by atoms with Crippen LogP contribution in [0.4, 0.5) is 0 Å². The number of amides is 1. The van der Waals surface area contributed by atoms with E-state index in [4.69, 9.17) is 11.6 Å². The van der Waals surface area contributed by atoms with Crippen LogP contribution in [-0.4, -0.2) is 66.4 Å². The zero-order chi connectivity index (χ0) is 21.4. The molecule has 5 rings (SSSR count). The van der Waals surface area contributed by atoms with Crippen LogP contribution in [0, 0.1) is 6.92 Å². The van der Waals surface area contributed by atoms with Gasteiger partial charge in [0.1, 0.15) is 0 Å². The topological polar surface area (TPSA) is 26.8 Å². The number of carbonyl (C=O) groups excluding carboxylic acids is 1. The molecule has 2 aromatic carbocycles. The number of aryl methyl sites for hydroxylation is 1. The fourth-order valence-electron chi connectivity index (χ4n) is 5.10. The van der Waals surface area contributed by atoms with Crippen molar-refractivity contribution in [2.75, 3.05) is 45.8 Å². The van der Waals surface area contributed by atoms with Crippen LogP contribution < -0.4 is 0 Å². The third-order valence-corrected chi connectivity index (χ3v) is 8.33. The molecule has 6 heteroatoms. The van der Waals surface area contributed by atoms with Crippen molar-refractivity contribution in [2.45, 2.75) is 42.0 Å². The number of benzene rings is 2. The summed E-state index contributed by atoms with van der Waals surface area (Å²) in [6.45, 7) is 9.21. The Balaban J connectivity index is 1.31. The van der Waals surface area contributed by atoms with Gasteiger partial charge in [-0.25, -0.2) is 0 Å². The molecule has 0 radical (unpaired) electrons. The third-order valence-electron chi connectivity index (χ3n) is 6.89. The Morgan fingerprint density at radius 2 is 1.81 bits per heavy atom. The van der Waals surface area contributed by atoms with Gasteiger partial charge >= 0.3 is 0 Å². The van der Waals surface area contributed by atoms with Crippen LogP contribution in [0.2, 0.25) is 5.02 Å².